The van der Waals surface area contributed by atoms with Crippen molar-refractivity contribution in [1.82, 2.24) is 0 Å². The summed E-state index contributed by atoms with van der Waals surface area (Å²) in [7, 11) is 0. The van der Waals surface area contributed by atoms with E-state index >= 15 is 0 Å². The summed E-state index contributed by atoms with van der Waals surface area (Å²) in [5, 5.41) is 0. The zero-order valence-electron chi connectivity index (χ0n) is 12.0. The van der Waals surface area contributed by atoms with Gasteiger partial charge in [-0.15, -0.1) is 0 Å². The molecule has 22 heavy (non-hydrogen) atoms. The van der Waals surface area contributed by atoms with Crippen molar-refractivity contribution in [2.45, 2.75) is 13.0 Å². The van der Waals surface area contributed by atoms with E-state index in [1.54, 1.807) is 48.5 Å². The van der Waals surface area contributed by atoms with Crippen LogP contribution in [0.5, 0.6) is 0 Å². The van der Waals surface area contributed by atoms with Gasteiger partial charge in [0.05, 0.1) is 5.56 Å². The molecule has 0 saturated heterocycles. The maximum absolute atomic E-state index is 12.5. The number of hydrogen-bond donors (Lipinski definition) is 1. The van der Waals surface area contributed by atoms with Crippen molar-refractivity contribution < 1.29 is 19.1 Å². The number of carbonyl (C=O) groups excluding carboxylic acids is 3. The molecule has 0 radical (unpaired) electrons. The fraction of sp³-hybridized carbons (Fsp3) is 0.118. The first-order chi connectivity index (χ1) is 10.5. The van der Waals surface area contributed by atoms with Crippen molar-refractivity contribution in [3.8, 4) is 0 Å². The number of esters is 1. The third-order valence-electron chi connectivity index (χ3n) is 3.11. The van der Waals surface area contributed by atoms with Crippen LogP contribution in [-0.4, -0.2) is 23.8 Å². The summed E-state index contributed by atoms with van der Waals surface area (Å²) in [5.41, 5.74) is 5.85. The van der Waals surface area contributed by atoms with E-state index in [9.17, 15) is 14.4 Å². The number of ketones is 1. The van der Waals surface area contributed by atoms with Crippen LogP contribution in [0.25, 0.3) is 0 Å². The lowest BCUT2D eigenvalue weighted by atomic mass is 9.98. The molecule has 0 spiro atoms. The Balaban J connectivity index is 2.33. The van der Waals surface area contributed by atoms with E-state index in [-0.39, 0.29) is 16.9 Å². The smallest absolute Gasteiger partial charge is 0.339 e. The number of ether oxygens (including phenoxy) is 1. The molecule has 0 aliphatic carbocycles. The van der Waals surface area contributed by atoms with Crippen molar-refractivity contribution in [1.29, 1.82) is 0 Å². The van der Waals surface area contributed by atoms with Crippen molar-refractivity contribution >= 4 is 17.7 Å². The number of rotatable bonds is 5. The maximum atomic E-state index is 12.5. The number of amides is 1. The quantitative estimate of drug-likeness (QED) is 0.675. The second-order valence-electron chi connectivity index (χ2n) is 4.69. The van der Waals surface area contributed by atoms with Crippen LogP contribution in [0.15, 0.2) is 54.6 Å². The van der Waals surface area contributed by atoms with E-state index in [0.717, 1.165) is 0 Å². The van der Waals surface area contributed by atoms with Crippen LogP contribution >= 0.6 is 0 Å². The predicted molar refractivity (Wildman–Crippen MR) is 80.4 cm³/mol. The van der Waals surface area contributed by atoms with Gasteiger partial charge < -0.3 is 10.5 Å². The topological polar surface area (TPSA) is 86.5 Å². The molecular weight excluding hydrogens is 282 g/mol. The molecule has 2 rings (SSSR count). The minimum Gasteiger partial charge on any atom is -0.449 e. The molecule has 112 valence electrons. The summed E-state index contributed by atoms with van der Waals surface area (Å²) in [6.07, 6.45) is -1.06. The Labute approximate surface area is 127 Å². The van der Waals surface area contributed by atoms with Gasteiger partial charge in [0, 0.05) is 11.1 Å². The number of carbonyl (C=O) groups is 3. The van der Waals surface area contributed by atoms with E-state index in [4.69, 9.17) is 10.5 Å². The lowest BCUT2D eigenvalue weighted by Gasteiger charge is -2.12. The van der Waals surface area contributed by atoms with Gasteiger partial charge in [0.25, 0.3) is 5.91 Å². The minimum absolute atomic E-state index is 0.101. The predicted octanol–water partition coefficient (Wildman–Crippen LogP) is 1.95. The average Bonchev–Trinajstić information content (AvgIpc) is 2.54. The largest absolute Gasteiger partial charge is 0.449 e. The summed E-state index contributed by atoms with van der Waals surface area (Å²) in [4.78, 5) is 35.6. The molecule has 1 amide bonds. The molecule has 5 heteroatoms. The number of nitrogens with two attached hydrogens (primary N) is 1. The van der Waals surface area contributed by atoms with Gasteiger partial charge in [0.15, 0.2) is 11.9 Å². The van der Waals surface area contributed by atoms with Crippen LogP contribution in [0.1, 0.15) is 33.2 Å². The average molecular weight is 297 g/mol. The van der Waals surface area contributed by atoms with Gasteiger partial charge in [-0.3, -0.25) is 9.59 Å². The van der Waals surface area contributed by atoms with E-state index in [1.165, 1.54) is 13.0 Å². The van der Waals surface area contributed by atoms with Crippen LogP contribution < -0.4 is 5.73 Å². The summed E-state index contributed by atoms with van der Waals surface area (Å²) in [5.74, 6) is -1.80. The van der Waals surface area contributed by atoms with Crippen LogP contribution in [-0.2, 0) is 9.53 Å². The van der Waals surface area contributed by atoms with E-state index in [0.29, 0.717) is 5.56 Å². The fourth-order valence-corrected chi connectivity index (χ4v) is 1.89. The van der Waals surface area contributed by atoms with Gasteiger partial charge in [0.2, 0.25) is 0 Å². The van der Waals surface area contributed by atoms with Gasteiger partial charge in [-0.2, -0.15) is 0 Å². The third-order valence-corrected chi connectivity index (χ3v) is 3.11. The highest BCUT2D eigenvalue weighted by Crippen LogP contribution is 2.16. The van der Waals surface area contributed by atoms with Crippen LogP contribution in [0.2, 0.25) is 0 Å². The fourth-order valence-electron chi connectivity index (χ4n) is 1.89. The Morgan fingerprint density at radius 1 is 0.909 bits per heavy atom. The van der Waals surface area contributed by atoms with Crippen molar-refractivity contribution in [2.24, 2.45) is 5.73 Å². The standard InChI is InChI=1S/C17H15NO4/c1-11(16(18)20)22-17(21)14-10-6-5-9-13(14)15(19)12-7-3-2-4-8-12/h2-11H,1H3,(H2,18,20). The maximum Gasteiger partial charge on any atom is 0.339 e. The lowest BCUT2D eigenvalue weighted by molar-refractivity contribution is -0.125. The Kier molecular flexibility index (Phi) is 4.68. The molecule has 0 bridgehead atoms. The van der Waals surface area contributed by atoms with E-state index in [2.05, 4.69) is 0 Å². The highest BCUT2D eigenvalue weighted by atomic mass is 16.5. The summed E-state index contributed by atoms with van der Waals surface area (Å²) in [6.45, 7) is 1.38. The number of primary amides is 1. The third kappa shape index (κ3) is 3.38. The SMILES string of the molecule is CC(OC(=O)c1ccccc1C(=O)c1ccccc1)C(N)=O. The molecule has 2 aromatic rings. The summed E-state index contributed by atoms with van der Waals surface area (Å²) >= 11 is 0. The van der Waals surface area contributed by atoms with Gasteiger partial charge in [-0.05, 0) is 13.0 Å². The number of hydrogen-bond acceptors (Lipinski definition) is 4. The molecule has 0 aromatic heterocycles. The van der Waals surface area contributed by atoms with E-state index < -0.39 is 18.0 Å². The monoisotopic (exact) mass is 297 g/mol. The van der Waals surface area contributed by atoms with Crippen molar-refractivity contribution in [3.05, 3.63) is 71.3 Å². The molecule has 5 nitrogen and oxygen atoms in total. The Hall–Kier alpha value is -2.95. The summed E-state index contributed by atoms with van der Waals surface area (Å²) < 4.78 is 4.96. The first-order valence-corrected chi connectivity index (χ1v) is 6.69. The Morgan fingerprint density at radius 3 is 2.05 bits per heavy atom. The molecule has 2 aromatic carbocycles. The Morgan fingerprint density at radius 2 is 1.45 bits per heavy atom. The minimum atomic E-state index is -1.06. The van der Waals surface area contributed by atoms with Gasteiger partial charge in [0.1, 0.15) is 0 Å². The number of benzene rings is 2. The van der Waals surface area contributed by atoms with E-state index in [1.807, 2.05) is 0 Å². The first-order valence-electron chi connectivity index (χ1n) is 6.69. The van der Waals surface area contributed by atoms with Gasteiger partial charge in [-0.25, -0.2) is 4.79 Å². The normalized spacial score (nSPS) is 11.5. The zero-order valence-corrected chi connectivity index (χ0v) is 12.0. The molecule has 1 atom stereocenters. The molecule has 0 heterocycles. The second kappa shape index (κ2) is 6.67. The first kappa shape index (κ1) is 15.4. The molecule has 1 unspecified atom stereocenters. The molecule has 0 fully saturated rings. The Bertz CT molecular complexity index is 710. The molecule has 0 aliphatic rings. The lowest BCUT2D eigenvalue weighted by Crippen LogP contribution is -2.30. The molecule has 0 saturated carbocycles. The summed E-state index contributed by atoms with van der Waals surface area (Å²) in [6, 6.07) is 14.9. The van der Waals surface area contributed by atoms with Crippen LogP contribution in [0.3, 0.4) is 0 Å². The van der Waals surface area contributed by atoms with Crippen LogP contribution in [0.4, 0.5) is 0 Å². The highest BCUT2D eigenvalue weighted by Gasteiger charge is 2.22. The molecular formula is C17H15NO4. The molecule has 0 aliphatic heterocycles. The van der Waals surface area contributed by atoms with Crippen LogP contribution in [0, 0.1) is 0 Å². The van der Waals surface area contributed by atoms with Crippen molar-refractivity contribution in [2.75, 3.05) is 0 Å². The van der Waals surface area contributed by atoms with Crippen molar-refractivity contribution in [3.63, 3.8) is 0 Å². The van der Waals surface area contributed by atoms with Gasteiger partial charge in [-0.1, -0.05) is 48.5 Å². The molecule has 2 N–H and O–H groups in total. The zero-order chi connectivity index (χ0) is 16.1. The van der Waals surface area contributed by atoms with Gasteiger partial charge >= 0.3 is 5.97 Å². The highest BCUT2D eigenvalue weighted by molar-refractivity contribution is 6.14. The second-order valence-corrected chi connectivity index (χ2v) is 4.69.